The van der Waals surface area contributed by atoms with Crippen molar-refractivity contribution in [3.05, 3.63) is 13.2 Å². The molecule has 0 aromatic carbocycles. The highest BCUT2D eigenvalue weighted by atomic mass is 28.1. The minimum absolute atomic E-state index is 0. The Morgan fingerprint density at radius 2 is 1.56 bits per heavy atom. The van der Waals surface area contributed by atoms with Crippen molar-refractivity contribution < 1.29 is 9.90 Å². The van der Waals surface area contributed by atoms with Gasteiger partial charge < -0.3 is 5.11 Å². The van der Waals surface area contributed by atoms with Crippen LogP contribution in [0.25, 0.3) is 0 Å². The normalized spacial score (nSPS) is 6.56. The molecule has 0 unspecified atom stereocenters. The molecule has 0 aromatic heterocycles. The van der Waals surface area contributed by atoms with Crippen molar-refractivity contribution in [2.45, 2.75) is 13.8 Å². The van der Waals surface area contributed by atoms with Crippen LogP contribution in [0.4, 0.5) is 0 Å². The van der Waals surface area contributed by atoms with Crippen LogP contribution in [0.1, 0.15) is 13.8 Å². The zero-order chi connectivity index (χ0) is 7.15. The molecule has 2 nitrogen and oxygen atoms in total. The maximum absolute atomic E-state index is 9.70. The monoisotopic (exact) mass is 148 g/mol. The molecule has 0 aliphatic carbocycles. The fourth-order valence-electron chi connectivity index (χ4n) is 0. The fraction of sp³-hybridized carbons (Fsp3) is 0.500. The first kappa shape index (κ1) is 15.8. The summed E-state index contributed by atoms with van der Waals surface area (Å²) in [5.41, 5.74) is 0. The molecule has 0 bridgehead atoms. The van der Waals surface area contributed by atoms with Gasteiger partial charge >= 0.3 is 5.97 Å². The van der Waals surface area contributed by atoms with E-state index < -0.39 is 5.97 Å². The topological polar surface area (TPSA) is 37.3 Å². The molecule has 0 atom stereocenters. The molecular weight excluding hydrogens is 132 g/mol. The molecule has 0 saturated carbocycles. The minimum atomic E-state index is -0.741. The number of hydrogen-bond acceptors (Lipinski definition) is 1. The largest absolute Gasteiger partial charge is 0.481 e. The van der Waals surface area contributed by atoms with Crippen molar-refractivity contribution in [1.82, 2.24) is 0 Å². The first-order valence-electron chi connectivity index (χ1n) is 2.37. The van der Waals surface area contributed by atoms with Gasteiger partial charge in [-0.1, -0.05) is 13.8 Å². The third-order valence-electron chi connectivity index (χ3n) is 0.494. The highest BCUT2D eigenvalue weighted by Gasteiger charge is 1.99. The van der Waals surface area contributed by atoms with E-state index >= 15 is 0 Å². The van der Waals surface area contributed by atoms with Gasteiger partial charge in [-0.25, -0.2) is 0 Å². The molecule has 0 spiro atoms. The number of hydrogen-bond donors (Lipinski definition) is 1. The molecule has 0 amide bonds. The average Bonchev–Trinajstić information content (AvgIpc) is 1.72. The van der Waals surface area contributed by atoms with Gasteiger partial charge in [0, 0.05) is 0 Å². The Balaban J connectivity index is -0.000000109. The van der Waals surface area contributed by atoms with Gasteiger partial charge in [0.1, 0.15) is 0 Å². The number of carbonyl (C=O) groups is 1. The summed E-state index contributed by atoms with van der Waals surface area (Å²) in [5, 5.41) is 7.99. The second-order valence-electron chi connectivity index (χ2n) is 1.49. The summed E-state index contributed by atoms with van der Waals surface area (Å²) >= 11 is 0. The van der Waals surface area contributed by atoms with E-state index in [0.717, 1.165) is 0 Å². The van der Waals surface area contributed by atoms with Gasteiger partial charge in [0.15, 0.2) is 0 Å². The molecular formula is C6H16O2Si. The third-order valence-corrected chi connectivity index (χ3v) is 0.494. The number of rotatable bonds is 1. The smallest absolute Gasteiger partial charge is 0.305 e. The molecule has 0 aliphatic rings. The Morgan fingerprint density at radius 3 is 1.56 bits per heavy atom. The lowest BCUT2D eigenvalue weighted by atomic mass is 10.2. The lowest BCUT2D eigenvalue weighted by Crippen LogP contribution is -2.03. The molecule has 3 heteroatoms. The standard InChI is InChI=1S/C4H8O2.C2H4.H4Si/c1-3(2)4(5)6;1-2;/h3H,1-2H3,(H,5,6);1-2H2;1H4. The van der Waals surface area contributed by atoms with Gasteiger partial charge in [-0.15, -0.1) is 13.2 Å². The van der Waals surface area contributed by atoms with E-state index in [-0.39, 0.29) is 16.9 Å². The van der Waals surface area contributed by atoms with Crippen LogP contribution in [0.2, 0.25) is 0 Å². The second-order valence-corrected chi connectivity index (χ2v) is 1.49. The van der Waals surface area contributed by atoms with Gasteiger partial charge in [-0.05, 0) is 11.0 Å². The van der Waals surface area contributed by atoms with Crippen LogP contribution >= 0.6 is 0 Å². The van der Waals surface area contributed by atoms with Gasteiger partial charge in [0.05, 0.1) is 5.92 Å². The Hall–Kier alpha value is -0.573. The maximum atomic E-state index is 9.70. The van der Waals surface area contributed by atoms with Crippen LogP contribution in [0.15, 0.2) is 13.2 Å². The van der Waals surface area contributed by atoms with Gasteiger partial charge in [0.25, 0.3) is 0 Å². The summed E-state index contributed by atoms with van der Waals surface area (Å²) < 4.78 is 0. The summed E-state index contributed by atoms with van der Waals surface area (Å²) in [6, 6.07) is 0. The Bertz CT molecular complexity index is 71.5. The van der Waals surface area contributed by atoms with Crippen LogP contribution in [-0.2, 0) is 4.79 Å². The zero-order valence-electron chi connectivity index (χ0n) is 5.35. The van der Waals surface area contributed by atoms with Crippen molar-refractivity contribution in [3.63, 3.8) is 0 Å². The minimum Gasteiger partial charge on any atom is -0.481 e. The van der Waals surface area contributed by atoms with Gasteiger partial charge in [0.2, 0.25) is 0 Å². The van der Waals surface area contributed by atoms with E-state index in [1.165, 1.54) is 0 Å². The molecule has 0 fully saturated rings. The van der Waals surface area contributed by atoms with Crippen molar-refractivity contribution in [2.75, 3.05) is 0 Å². The molecule has 56 valence electrons. The van der Waals surface area contributed by atoms with Crippen LogP contribution in [0.3, 0.4) is 0 Å². The first-order valence-corrected chi connectivity index (χ1v) is 2.37. The predicted molar refractivity (Wildman–Crippen MR) is 45.1 cm³/mol. The Kier molecular flexibility index (Phi) is 18.3. The van der Waals surface area contributed by atoms with E-state index in [1.54, 1.807) is 13.8 Å². The van der Waals surface area contributed by atoms with Crippen molar-refractivity contribution in [2.24, 2.45) is 5.92 Å². The molecule has 0 rings (SSSR count). The molecule has 0 aromatic rings. The maximum Gasteiger partial charge on any atom is 0.305 e. The van der Waals surface area contributed by atoms with Crippen LogP contribution in [0.5, 0.6) is 0 Å². The molecule has 0 saturated heterocycles. The number of carboxylic acid groups (broad SMARTS) is 1. The summed E-state index contributed by atoms with van der Waals surface area (Å²) in [7, 11) is 0. The average molecular weight is 148 g/mol. The Labute approximate surface area is 60.6 Å². The first-order chi connectivity index (χ1) is 3.64. The number of carboxylic acids is 1. The van der Waals surface area contributed by atoms with Gasteiger partial charge in [-0.2, -0.15) is 0 Å². The summed E-state index contributed by atoms with van der Waals surface area (Å²) in [6.45, 7) is 9.28. The van der Waals surface area contributed by atoms with Crippen molar-refractivity contribution in [3.8, 4) is 0 Å². The number of aliphatic carboxylic acids is 1. The predicted octanol–water partition coefficient (Wildman–Crippen LogP) is 0.0776. The van der Waals surface area contributed by atoms with E-state index in [1.807, 2.05) is 0 Å². The summed E-state index contributed by atoms with van der Waals surface area (Å²) in [5.74, 6) is -0.972. The third kappa shape index (κ3) is 18.6. The summed E-state index contributed by atoms with van der Waals surface area (Å²) in [4.78, 5) is 9.70. The SMILES string of the molecule is C=C.CC(C)C(=O)O.[SiH4]. The highest BCUT2D eigenvalue weighted by molar-refractivity contribution is 5.75. The zero-order valence-corrected chi connectivity index (χ0v) is 5.35. The fourth-order valence-corrected chi connectivity index (χ4v) is 0. The van der Waals surface area contributed by atoms with Crippen molar-refractivity contribution >= 4 is 16.9 Å². The van der Waals surface area contributed by atoms with Crippen LogP contribution in [0, 0.1) is 5.92 Å². The van der Waals surface area contributed by atoms with E-state index in [9.17, 15) is 4.79 Å². The Morgan fingerprint density at radius 1 is 1.44 bits per heavy atom. The van der Waals surface area contributed by atoms with E-state index in [0.29, 0.717) is 0 Å². The summed E-state index contributed by atoms with van der Waals surface area (Å²) in [6.07, 6.45) is 0. The second kappa shape index (κ2) is 10.4. The van der Waals surface area contributed by atoms with Gasteiger partial charge in [-0.3, -0.25) is 4.79 Å². The quantitative estimate of drug-likeness (QED) is 0.422. The highest BCUT2D eigenvalue weighted by Crippen LogP contribution is 1.87. The van der Waals surface area contributed by atoms with Crippen molar-refractivity contribution in [1.29, 1.82) is 0 Å². The molecule has 9 heavy (non-hydrogen) atoms. The van der Waals surface area contributed by atoms with Crippen LogP contribution in [-0.4, -0.2) is 22.0 Å². The molecule has 1 N–H and O–H groups in total. The lowest BCUT2D eigenvalue weighted by Gasteiger charge is -1.89. The van der Waals surface area contributed by atoms with Crippen LogP contribution < -0.4 is 0 Å². The molecule has 0 aliphatic heterocycles. The molecule has 0 heterocycles. The lowest BCUT2D eigenvalue weighted by molar-refractivity contribution is -0.140. The van der Waals surface area contributed by atoms with E-state index in [2.05, 4.69) is 13.2 Å². The van der Waals surface area contributed by atoms with E-state index in [4.69, 9.17) is 5.11 Å². The molecule has 0 radical (unpaired) electrons.